The zero-order valence-corrected chi connectivity index (χ0v) is 10.2. The minimum absolute atomic E-state index is 0.174. The van der Waals surface area contributed by atoms with E-state index in [1.807, 2.05) is 20.1 Å². The molecule has 0 fully saturated rings. The summed E-state index contributed by atoms with van der Waals surface area (Å²) >= 11 is 3.18. The molecule has 0 radical (unpaired) electrons. The predicted molar refractivity (Wildman–Crippen MR) is 62.1 cm³/mol. The Bertz CT molecular complexity index is 275. The van der Waals surface area contributed by atoms with Crippen LogP contribution in [0.15, 0.2) is 0 Å². The molecule has 0 spiro atoms. The van der Waals surface area contributed by atoms with E-state index >= 15 is 0 Å². The van der Waals surface area contributed by atoms with E-state index in [9.17, 15) is 0 Å². The highest BCUT2D eigenvalue weighted by atomic mass is 32.2. The maximum absolute atomic E-state index is 9.09. The number of aliphatic hydroxyl groups excluding tert-OH is 1. The molecule has 14 heavy (non-hydrogen) atoms. The van der Waals surface area contributed by atoms with Gasteiger partial charge in [-0.25, -0.2) is 0 Å². The standard InChI is InChI=1S/C8H15N3OS2/c1-5(7(4-12)13-3)9-8-11-10-6(2)14-8/h5,7,12H,4H2,1-3H3,(H,9,11). The normalized spacial score (nSPS) is 15.1. The first-order valence-corrected chi connectivity index (χ1v) is 6.48. The smallest absolute Gasteiger partial charge is 0.205 e. The van der Waals surface area contributed by atoms with Crippen LogP contribution >= 0.6 is 23.1 Å². The average molecular weight is 233 g/mol. The van der Waals surface area contributed by atoms with Crippen molar-refractivity contribution in [2.75, 3.05) is 18.2 Å². The lowest BCUT2D eigenvalue weighted by atomic mass is 10.2. The van der Waals surface area contributed by atoms with E-state index in [1.165, 1.54) is 11.3 Å². The van der Waals surface area contributed by atoms with Crippen molar-refractivity contribution in [3.05, 3.63) is 5.01 Å². The van der Waals surface area contributed by atoms with Crippen molar-refractivity contribution in [2.45, 2.75) is 25.1 Å². The minimum Gasteiger partial charge on any atom is -0.395 e. The summed E-state index contributed by atoms with van der Waals surface area (Å²) in [6, 6.07) is 0.197. The number of anilines is 1. The highest BCUT2D eigenvalue weighted by molar-refractivity contribution is 7.99. The fraction of sp³-hybridized carbons (Fsp3) is 0.750. The Morgan fingerprint density at radius 2 is 2.29 bits per heavy atom. The molecule has 2 N–H and O–H groups in total. The monoisotopic (exact) mass is 233 g/mol. The van der Waals surface area contributed by atoms with Crippen LogP contribution < -0.4 is 5.32 Å². The summed E-state index contributed by atoms with van der Waals surface area (Å²) in [7, 11) is 0. The molecule has 0 aromatic carbocycles. The van der Waals surface area contributed by atoms with Gasteiger partial charge >= 0.3 is 0 Å². The Balaban J connectivity index is 2.51. The van der Waals surface area contributed by atoms with E-state index in [0.717, 1.165) is 10.1 Å². The quantitative estimate of drug-likeness (QED) is 0.804. The molecular weight excluding hydrogens is 218 g/mol. The molecule has 1 rings (SSSR count). The molecule has 0 aliphatic carbocycles. The fourth-order valence-electron chi connectivity index (χ4n) is 1.08. The van der Waals surface area contributed by atoms with Gasteiger partial charge in [0, 0.05) is 11.3 Å². The summed E-state index contributed by atoms with van der Waals surface area (Å²) in [6.07, 6.45) is 1.99. The molecule has 6 heteroatoms. The largest absolute Gasteiger partial charge is 0.395 e. The van der Waals surface area contributed by atoms with Crippen LogP contribution in [0.2, 0.25) is 0 Å². The third-order valence-electron chi connectivity index (χ3n) is 1.92. The van der Waals surface area contributed by atoms with E-state index in [1.54, 1.807) is 11.8 Å². The number of aromatic nitrogens is 2. The van der Waals surface area contributed by atoms with Gasteiger partial charge in [-0.1, -0.05) is 11.3 Å². The molecule has 1 aromatic heterocycles. The van der Waals surface area contributed by atoms with E-state index in [4.69, 9.17) is 5.11 Å². The molecule has 2 atom stereocenters. The highest BCUT2D eigenvalue weighted by Crippen LogP contribution is 2.18. The topological polar surface area (TPSA) is 58.0 Å². The second-order valence-electron chi connectivity index (χ2n) is 3.02. The zero-order chi connectivity index (χ0) is 10.6. The first-order valence-electron chi connectivity index (χ1n) is 4.37. The fourth-order valence-corrected chi connectivity index (χ4v) is 2.39. The summed E-state index contributed by atoms with van der Waals surface area (Å²) in [5.74, 6) is 0. The van der Waals surface area contributed by atoms with Gasteiger partial charge in [-0.15, -0.1) is 10.2 Å². The number of hydrogen-bond donors (Lipinski definition) is 2. The number of thioether (sulfide) groups is 1. The zero-order valence-electron chi connectivity index (χ0n) is 8.52. The number of hydrogen-bond acceptors (Lipinski definition) is 6. The van der Waals surface area contributed by atoms with Crippen molar-refractivity contribution >= 4 is 28.2 Å². The molecule has 2 unspecified atom stereocenters. The summed E-state index contributed by atoms with van der Waals surface area (Å²) in [4.78, 5) is 0. The molecule has 1 heterocycles. The Hall–Kier alpha value is -0.330. The van der Waals surface area contributed by atoms with E-state index < -0.39 is 0 Å². The number of nitrogens with one attached hydrogen (secondary N) is 1. The van der Waals surface area contributed by atoms with Gasteiger partial charge < -0.3 is 10.4 Å². The molecule has 0 saturated heterocycles. The van der Waals surface area contributed by atoms with Gasteiger partial charge in [-0.05, 0) is 20.1 Å². The highest BCUT2D eigenvalue weighted by Gasteiger charge is 2.16. The maximum Gasteiger partial charge on any atom is 0.205 e. The molecule has 1 aromatic rings. The third kappa shape index (κ3) is 3.11. The van der Waals surface area contributed by atoms with Crippen LogP contribution in [0.1, 0.15) is 11.9 Å². The Labute approximate surface area is 92.1 Å². The van der Waals surface area contributed by atoms with Crippen molar-refractivity contribution in [1.29, 1.82) is 0 Å². The van der Waals surface area contributed by atoms with E-state index in [0.29, 0.717) is 0 Å². The van der Waals surface area contributed by atoms with Gasteiger partial charge in [-0.2, -0.15) is 11.8 Å². The van der Waals surface area contributed by atoms with Crippen molar-refractivity contribution in [2.24, 2.45) is 0 Å². The van der Waals surface area contributed by atoms with Crippen LogP contribution in [0.4, 0.5) is 5.13 Å². The van der Waals surface area contributed by atoms with E-state index in [-0.39, 0.29) is 17.9 Å². The SMILES string of the molecule is CSC(CO)C(C)Nc1nnc(C)s1. The maximum atomic E-state index is 9.09. The molecule has 0 aliphatic rings. The molecule has 0 saturated carbocycles. The summed E-state index contributed by atoms with van der Waals surface area (Å²) in [5, 5.41) is 22.2. The first-order chi connectivity index (χ1) is 6.67. The second-order valence-corrected chi connectivity index (χ2v) is 5.27. The third-order valence-corrected chi connectivity index (χ3v) is 3.85. The van der Waals surface area contributed by atoms with Crippen LogP contribution in [0, 0.1) is 6.92 Å². The average Bonchev–Trinajstić information content (AvgIpc) is 2.53. The van der Waals surface area contributed by atoms with Gasteiger partial charge in [0.05, 0.1) is 6.61 Å². The lowest BCUT2D eigenvalue weighted by Crippen LogP contribution is -2.30. The van der Waals surface area contributed by atoms with Crippen LogP contribution in [-0.4, -0.2) is 39.5 Å². The van der Waals surface area contributed by atoms with Crippen molar-refractivity contribution in [3.63, 3.8) is 0 Å². The predicted octanol–water partition coefficient (Wildman–Crippen LogP) is 1.37. The van der Waals surface area contributed by atoms with Gasteiger partial charge in [0.25, 0.3) is 0 Å². The summed E-state index contributed by atoms with van der Waals surface area (Å²) < 4.78 is 0. The van der Waals surface area contributed by atoms with Crippen LogP contribution in [0.5, 0.6) is 0 Å². The number of aryl methyl sites for hydroxylation is 1. The van der Waals surface area contributed by atoms with Gasteiger partial charge in [0.1, 0.15) is 5.01 Å². The number of rotatable bonds is 5. The Morgan fingerprint density at radius 1 is 1.57 bits per heavy atom. The minimum atomic E-state index is 0.174. The number of aliphatic hydroxyl groups is 1. The second kappa shape index (κ2) is 5.53. The Kier molecular flexibility index (Phi) is 4.64. The van der Waals surface area contributed by atoms with Crippen LogP contribution in [0.25, 0.3) is 0 Å². The van der Waals surface area contributed by atoms with Crippen molar-refractivity contribution in [3.8, 4) is 0 Å². The van der Waals surface area contributed by atoms with E-state index in [2.05, 4.69) is 15.5 Å². The number of nitrogens with zero attached hydrogens (tertiary/aromatic N) is 2. The molecule has 0 bridgehead atoms. The molecule has 0 aliphatic heterocycles. The van der Waals surface area contributed by atoms with Crippen molar-refractivity contribution in [1.82, 2.24) is 10.2 Å². The van der Waals surface area contributed by atoms with Crippen LogP contribution in [0.3, 0.4) is 0 Å². The molecule has 0 amide bonds. The lowest BCUT2D eigenvalue weighted by Gasteiger charge is -2.20. The molecule has 80 valence electrons. The van der Waals surface area contributed by atoms with Crippen molar-refractivity contribution < 1.29 is 5.11 Å². The summed E-state index contributed by atoms with van der Waals surface area (Å²) in [5.41, 5.74) is 0. The molecule has 4 nitrogen and oxygen atoms in total. The van der Waals surface area contributed by atoms with Gasteiger partial charge in [0.2, 0.25) is 5.13 Å². The lowest BCUT2D eigenvalue weighted by molar-refractivity contribution is 0.288. The summed E-state index contributed by atoms with van der Waals surface area (Å²) in [6.45, 7) is 4.13. The Morgan fingerprint density at radius 3 is 2.71 bits per heavy atom. The first kappa shape index (κ1) is 11.7. The van der Waals surface area contributed by atoms with Crippen LogP contribution in [-0.2, 0) is 0 Å². The van der Waals surface area contributed by atoms with Gasteiger partial charge in [0.15, 0.2) is 0 Å². The van der Waals surface area contributed by atoms with Gasteiger partial charge in [-0.3, -0.25) is 0 Å². The molecular formula is C8H15N3OS2.